The number of carbonyl (C=O) groups excluding carboxylic acids is 1. The van der Waals surface area contributed by atoms with Crippen molar-refractivity contribution in [3.8, 4) is 11.8 Å². The Morgan fingerprint density at radius 1 is 1.23 bits per heavy atom. The van der Waals surface area contributed by atoms with Crippen molar-refractivity contribution < 1.29 is 9.90 Å². The normalized spacial score (nSPS) is 14.7. The highest BCUT2D eigenvalue weighted by atomic mass is 16.3. The van der Waals surface area contributed by atoms with Gasteiger partial charge >= 0.3 is 0 Å². The molecule has 1 aromatic carbocycles. The summed E-state index contributed by atoms with van der Waals surface area (Å²) in [4.78, 5) is 18.8. The lowest BCUT2D eigenvalue weighted by molar-refractivity contribution is -0.125. The lowest BCUT2D eigenvalue weighted by Gasteiger charge is -2.32. The Labute approximate surface area is 153 Å². The van der Waals surface area contributed by atoms with Gasteiger partial charge in [-0.2, -0.15) is 5.26 Å². The summed E-state index contributed by atoms with van der Waals surface area (Å²) in [7, 11) is 0. The second kappa shape index (κ2) is 8.34. The third kappa shape index (κ3) is 4.51. The first kappa shape index (κ1) is 17.7. The molecule has 1 fully saturated rings. The van der Waals surface area contributed by atoms with Crippen LogP contribution < -0.4 is 10.2 Å². The minimum Gasteiger partial charge on any atom is -0.508 e. The van der Waals surface area contributed by atoms with Gasteiger partial charge in [0, 0.05) is 31.7 Å². The van der Waals surface area contributed by atoms with Gasteiger partial charge in [0.25, 0.3) is 0 Å². The number of nitrogens with one attached hydrogen (secondary N) is 1. The maximum absolute atomic E-state index is 12.3. The zero-order valence-corrected chi connectivity index (χ0v) is 14.6. The lowest BCUT2D eigenvalue weighted by atomic mass is 9.96. The van der Waals surface area contributed by atoms with Crippen molar-refractivity contribution in [3.63, 3.8) is 0 Å². The zero-order valence-electron chi connectivity index (χ0n) is 14.6. The average molecular weight is 350 g/mol. The molecule has 0 spiro atoms. The summed E-state index contributed by atoms with van der Waals surface area (Å²) in [5.41, 5.74) is 1.64. The number of carbonyl (C=O) groups is 1. The number of hydrogen-bond acceptors (Lipinski definition) is 5. The Balaban J connectivity index is 1.43. The molecular formula is C20H22N4O2. The largest absolute Gasteiger partial charge is 0.508 e. The number of pyridine rings is 1. The van der Waals surface area contributed by atoms with Crippen LogP contribution in [0.15, 0.2) is 42.6 Å². The van der Waals surface area contributed by atoms with Crippen molar-refractivity contribution in [3.05, 3.63) is 53.7 Å². The van der Waals surface area contributed by atoms with Crippen LogP contribution in [0.2, 0.25) is 0 Å². The van der Waals surface area contributed by atoms with E-state index in [1.54, 1.807) is 24.4 Å². The van der Waals surface area contributed by atoms with E-state index in [0.29, 0.717) is 12.1 Å². The molecule has 1 aliphatic heterocycles. The molecule has 0 bridgehead atoms. The van der Waals surface area contributed by atoms with E-state index < -0.39 is 0 Å². The van der Waals surface area contributed by atoms with Crippen LogP contribution in [0.3, 0.4) is 0 Å². The monoisotopic (exact) mass is 350 g/mol. The van der Waals surface area contributed by atoms with E-state index in [9.17, 15) is 9.90 Å². The van der Waals surface area contributed by atoms with Gasteiger partial charge in [-0.1, -0.05) is 12.1 Å². The van der Waals surface area contributed by atoms with E-state index in [1.165, 1.54) is 0 Å². The fourth-order valence-electron chi connectivity index (χ4n) is 3.15. The van der Waals surface area contributed by atoms with Gasteiger partial charge < -0.3 is 15.3 Å². The highest BCUT2D eigenvalue weighted by Gasteiger charge is 2.25. The zero-order chi connectivity index (χ0) is 18.4. The summed E-state index contributed by atoms with van der Waals surface area (Å²) < 4.78 is 0. The minimum absolute atomic E-state index is 0.0319. The standard InChI is InChI=1S/C20H22N4O2/c21-13-16-3-6-19(23-14-16)24-11-8-17(9-12-24)20(26)22-10-7-15-1-4-18(25)5-2-15/h1-6,14,17,25H,7-12H2,(H,22,26). The number of phenols is 1. The van der Waals surface area contributed by atoms with Gasteiger partial charge in [0.15, 0.2) is 0 Å². The first-order valence-electron chi connectivity index (χ1n) is 8.82. The summed E-state index contributed by atoms with van der Waals surface area (Å²) in [5.74, 6) is 1.25. The van der Waals surface area contributed by atoms with Gasteiger partial charge in [0.05, 0.1) is 5.56 Å². The smallest absolute Gasteiger partial charge is 0.223 e. The van der Waals surface area contributed by atoms with Crippen molar-refractivity contribution in [1.82, 2.24) is 10.3 Å². The number of anilines is 1. The number of aromatic nitrogens is 1. The number of benzene rings is 1. The molecule has 0 unspecified atom stereocenters. The Morgan fingerprint density at radius 2 is 1.96 bits per heavy atom. The molecule has 6 heteroatoms. The van der Waals surface area contributed by atoms with Crippen LogP contribution in [0.4, 0.5) is 5.82 Å². The molecule has 1 aromatic heterocycles. The molecule has 1 aliphatic rings. The number of nitrogens with zero attached hydrogens (tertiary/aromatic N) is 3. The highest BCUT2D eigenvalue weighted by molar-refractivity contribution is 5.79. The number of rotatable bonds is 5. The van der Waals surface area contributed by atoms with Crippen LogP contribution in [0.1, 0.15) is 24.0 Å². The molecule has 6 nitrogen and oxygen atoms in total. The van der Waals surface area contributed by atoms with Gasteiger partial charge in [0.1, 0.15) is 17.6 Å². The predicted molar refractivity (Wildman–Crippen MR) is 98.7 cm³/mol. The lowest BCUT2D eigenvalue weighted by Crippen LogP contribution is -2.41. The molecular weight excluding hydrogens is 328 g/mol. The molecule has 0 saturated carbocycles. The fraction of sp³-hybridized carbons (Fsp3) is 0.350. The summed E-state index contributed by atoms with van der Waals surface area (Å²) in [5, 5.41) is 21.1. The first-order valence-corrected chi connectivity index (χ1v) is 8.82. The summed E-state index contributed by atoms with van der Waals surface area (Å²) in [6.07, 6.45) is 3.93. The Bertz CT molecular complexity index is 773. The second-order valence-electron chi connectivity index (χ2n) is 6.49. The van der Waals surface area contributed by atoms with Crippen LogP contribution in [0, 0.1) is 17.2 Å². The number of amides is 1. The molecule has 1 amide bonds. The quantitative estimate of drug-likeness (QED) is 0.863. The topological polar surface area (TPSA) is 89.2 Å². The summed E-state index contributed by atoms with van der Waals surface area (Å²) >= 11 is 0. The summed E-state index contributed by atoms with van der Waals surface area (Å²) in [6.45, 7) is 2.17. The second-order valence-corrected chi connectivity index (χ2v) is 6.49. The van der Waals surface area contributed by atoms with Crippen molar-refractivity contribution in [2.75, 3.05) is 24.5 Å². The minimum atomic E-state index is 0.0319. The molecule has 0 radical (unpaired) electrons. The van der Waals surface area contributed by atoms with Crippen LogP contribution in [0.25, 0.3) is 0 Å². The van der Waals surface area contributed by atoms with E-state index in [-0.39, 0.29) is 17.6 Å². The van der Waals surface area contributed by atoms with Gasteiger partial charge in [-0.15, -0.1) is 0 Å². The molecule has 2 heterocycles. The number of piperidine rings is 1. The van der Waals surface area contributed by atoms with Crippen molar-refractivity contribution in [2.24, 2.45) is 5.92 Å². The van der Waals surface area contributed by atoms with E-state index >= 15 is 0 Å². The maximum atomic E-state index is 12.3. The number of hydrogen-bond donors (Lipinski definition) is 2. The molecule has 0 aliphatic carbocycles. The van der Waals surface area contributed by atoms with E-state index in [2.05, 4.69) is 21.3 Å². The van der Waals surface area contributed by atoms with E-state index in [0.717, 1.165) is 43.7 Å². The Hall–Kier alpha value is -3.07. The predicted octanol–water partition coefficient (Wildman–Crippen LogP) is 2.23. The van der Waals surface area contributed by atoms with Crippen LogP contribution in [-0.2, 0) is 11.2 Å². The molecule has 3 rings (SSSR count). The molecule has 2 N–H and O–H groups in total. The van der Waals surface area contributed by atoms with E-state index in [1.807, 2.05) is 18.2 Å². The van der Waals surface area contributed by atoms with E-state index in [4.69, 9.17) is 5.26 Å². The van der Waals surface area contributed by atoms with Gasteiger partial charge in [-0.25, -0.2) is 4.98 Å². The van der Waals surface area contributed by atoms with Gasteiger partial charge in [0.2, 0.25) is 5.91 Å². The molecule has 2 aromatic rings. The van der Waals surface area contributed by atoms with Crippen LogP contribution >= 0.6 is 0 Å². The molecule has 0 atom stereocenters. The molecule has 1 saturated heterocycles. The van der Waals surface area contributed by atoms with Crippen LogP contribution in [0.5, 0.6) is 5.75 Å². The third-order valence-corrected chi connectivity index (χ3v) is 4.72. The van der Waals surface area contributed by atoms with Crippen molar-refractivity contribution >= 4 is 11.7 Å². The fourth-order valence-corrected chi connectivity index (χ4v) is 3.15. The SMILES string of the molecule is N#Cc1ccc(N2CCC(C(=O)NCCc3ccc(O)cc3)CC2)nc1. The van der Waals surface area contributed by atoms with Gasteiger partial charge in [-0.05, 0) is 49.1 Å². The number of nitriles is 1. The average Bonchev–Trinajstić information content (AvgIpc) is 2.69. The Morgan fingerprint density at radius 3 is 2.58 bits per heavy atom. The number of phenolic OH excluding ortho intramolecular Hbond substituents is 1. The van der Waals surface area contributed by atoms with Crippen molar-refractivity contribution in [1.29, 1.82) is 5.26 Å². The molecule has 134 valence electrons. The van der Waals surface area contributed by atoms with Crippen LogP contribution in [-0.4, -0.2) is 35.6 Å². The third-order valence-electron chi connectivity index (χ3n) is 4.72. The van der Waals surface area contributed by atoms with Crippen molar-refractivity contribution in [2.45, 2.75) is 19.3 Å². The van der Waals surface area contributed by atoms with Gasteiger partial charge in [-0.3, -0.25) is 4.79 Å². The number of aromatic hydroxyl groups is 1. The summed E-state index contributed by atoms with van der Waals surface area (Å²) in [6, 6.07) is 12.7. The Kier molecular flexibility index (Phi) is 5.69. The highest BCUT2D eigenvalue weighted by Crippen LogP contribution is 2.22. The first-order chi connectivity index (χ1) is 12.7. The maximum Gasteiger partial charge on any atom is 0.223 e. The molecule has 26 heavy (non-hydrogen) atoms.